The van der Waals surface area contributed by atoms with Gasteiger partial charge in [-0.1, -0.05) is 27.7 Å². The van der Waals surface area contributed by atoms with Crippen LogP contribution in [0, 0.1) is 16.9 Å². The molecule has 0 aromatic heterocycles. The van der Waals surface area contributed by atoms with E-state index in [0.29, 0.717) is 25.7 Å². The molecule has 1 rings (SSSR count). The van der Waals surface area contributed by atoms with Crippen LogP contribution >= 0.6 is 0 Å². The van der Waals surface area contributed by atoms with Gasteiger partial charge in [-0.25, -0.2) is 0 Å². The first-order valence-electron chi connectivity index (χ1n) is 16.1. The first-order chi connectivity index (χ1) is 21.4. The molecular formula is C33H53O13. The van der Waals surface area contributed by atoms with Crippen LogP contribution in [0.4, 0.5) is 0 Å². The van der Waals surface area contributed by atoms with Gasteiger partial charge in [0.1, 0.15) is 12.7 Å². The Balaban J connectivity index is 3.91. The van der Waals surface area contributed by atoms with Crippen molar-refractivity contribution in [2.75, 3.05) is 6.61 Å². The molecule has 0 unspecified atom stereocenters. The molecule has 0 spiro atoms. The fourth-order valence-corrected chi connectivity index (χ4v) is 3.94. The summed E-state index contributed by atoms with van der Waals surface area (Å²) in [7, 11) is 0. The first kappa shape index (κ1) is 40.8. The van der Waals surface area contributed by atoms with Gasteiger partial charge in [0.2, 0.25) is 6.10 Å². The van der Waals surface area contributed by atoms with Gasteiger partial charge in [0.15, 0.2) is 18.3 Å². The van der Waals surface area contributed by atoms with Crippen LogP contribution in [0.1, 0.15) is 121 Å². The highest BCUT2D eigenvalue weighted by Crippen LogP contribution is 2.38. The zero-order valence-electron chi connectivity index (χ0n) is 29.1. The molecule has 1 aliphatic heterocycles. The number of rotatable bonds is 16. The van der Waals surface area contributed by atoms with E-state index >= 15 is 0 Å². The maximum Gasteiger partial charge on any atom is 0.314 e. The highest BCUT2D eigenvalue weighted by atomic mass is 16.7. The highest BCUT2D eigenvalue weighted by Gasteiger charge is 2.58. The Hall–Kier alpha value is -3.22. The molecule has 1 fully saturated rings. The first-order valence-corrected chi connectivity index (χ1v) is 16.1. The van der Waals surface area contributed by atoms with Gasteiger partial charge < -0.3 is 33.2 Å². The summed E-state index contributed by atoms with van der Waals surface area (Å²) in [6.07, 6.45) is -6.56. The molecule has 4 atom stereocenters. The van der Waals surface area contributed by atoms with Crippen LogP contribution in [0.5, 0.6) is 0 Å². The van der Waals surface area contributed by atoms with Crippen LogP contribution in [-0.2, 0) is 61.9 Å². The maximum absolute atomic E-state index is 13.2. The largest absolute Gasteiger partial charge is 0.463 e. The molecule has 0 amide bonds. The molecule has 1 radical (unpaired) electrons. The number of carbonyl (C=O) groups is 6. The third-order valence-electron chi connectivity index (χ3n) is 6.46. The van der Waals surface area contributed by atoms with Crippen molar-refractivity contribution in [3.05, 3.63) is 6.10 Å². The second-order valence-electron chi connectivity index (χ2n) is 13.2. The average Bonchev–Trinajstić information content (AvgIpc) is 2.93. The Morgan fingerprint density at radius 1 is 0.609 bits per heavy atom. The van der Waals surface area contributed by atoms with Crippen molar-refractivity contribution in [2.45, 2.75) is 151 Å². The minimum absolute atomic E-state index is 0.000343. The summed E-state index contributed by atoms with van der Waals surface area (Å²) in [5, 5.41) is 0. The fourth-order valence-electron chi connectivity index (χ4n) is 3.94. The van der Waals surface area contributed by atoms with Gasteiger partial charge in [-0.2, -0.15) is 0 Å². The van der Waals surface area contributed by atoms with E-state index in [1.165, 1.54) is 0 Å². The van der Waals surface area contributed by atoms with Crippen molar-refractivity contribution in [2.24, 2.45) is 10.8 Å². The zero-order chi connectivity index (χ0) is 35.2. The third-order valence-corrected chi connectivity index (χ3v) is 6.46. The number of carbonyl (C=O) groups excluding carboxylic acids is 6. The van der Waals surface area contributed by atoms with Crippen LogP contribution in [0.2, 0.25) is 0 Å². The van der Waals surface area contributed by atoms with Crippen molar-refractivity contribution in [3.8, 4) is 0 Å². The van der Waals surface area contributed by atoms with Gasteiger partial charge >= 0.3 is 35.8 Å². The molecule has 0 aromatic carbocycles. The van der Waals surface area contributed by atoms with E-state index in [1.807, 2.05) is 0 Å². The van der Waals surface area contributed by atoms with Crippen molar-refractivity contribution in [1.29, 1.82) is 0 Å². The molecule has 0 bridgehead atoms. The van der Waals surface area contributed by atoms with Crippen LogP contribution in [0.15, 0.2) is 0 Å². The standard InChI is InChI=1S/C33H53O13/c1-11-15-21(34)40-19-20-25(42-22(35)16-12-2)26(43-23(36)17-13-3)27(44-24(37)18-14-4)28(41-20)29(45-30(38)32(5,6)7)46-31(39)33(8,9)10/h20,25-27,29H,11-19H2,1-10H3/t20-,25-,26+,27+/m1/s1. The highest BCUT2D eigenvalue weighted by molar-refractivity contribution is 5.78. The third kappa shape index (κ3) is 13.3. The van der Waals surface area contributed by atoms with E-state index in [2.05, 4.69) is 0 Å². The summed E-state index contributed by atoms with van der Waals surface area (Å²) >= 11 is 0. The van der Waals surface area contributed by atoms with Gasteiger partial charge in [-0.05, 0) is 67.2 Å². The lowest BCUT2D eigenvalue weighted by molar-refractivity contribution is -0.261. The van der Waals surface area contributed by atoms with Gasteiger partial charge in [0.05, 0.1) is 10.8 Å². The number of hydrogen-bond donors (Lipinski definition) is 0. The molecule has 1 saturated heterocycles. The predicted octanol–water partition coefficient (Wildman–Crippen LogP) is 4.90. The van der Waals surface area contributed by atoms with Gasteiger partial charge in [0.25, 0.3) is 6.29 Å². The Morgan fingerprint density at radius 2 is 1.00 bits per heavy atom. The predicted molar refractivity (Wildman–Crippen MR) is 163 cm³/mol. The van der Waals surface area contributed by atoms with E-state index in [1.54, 1.807) is 69.2 Å². The summed E-state index contributed by atoms with van der Waals surface area (Å²) in [5.41, 5.74) is -2.15. The molecule has 0 saturated carbocycles. The molecule has 13 nitrogen and oxygen atoms in total. The Labute approximate surface area is 272 Å². The molecular weight excluding hydrogens is 604 g/mol. The lowest BCUT2D eigenvalue weighted by Crippen LogP contribution is -2.62. The van der Waals surface area contributed by atoms with Gasteiger partial charge in [0, 0.05) is 25.7 Å². The fraction of sp³-hybridized carbons (Fsp3) is 0.788. The van der Waals surface area contributed by atoms with E-state index in [0.717, 1.165) is 0 Å². The average molecular weight is 658 g/mol. The topological polar surface area (TPSA) is 167 Å². The smallest absolute Gasteiger partial charge is 0.314 e. The molecule has 1 aliphatic rings. The van der Waals surface area contributed by atoms with Crippen molar-refractivity contribution in [3.63, 3.8) is 0 Å². The number of ether oxygens (including phenoxy) is 7. The quantitative estimate of drug-likeness (QED) is 0.125. The van der Waals surface area contributed by atoms with Crippen molar-refractivity contribution >= 4 is 35.8 Å². The zero-order valence-corrected chi connectivity index (χ0v) is 29.1. The Bertz CT molecular complexity index is 1010. The van der Waals surface area contributed by atoms with Crippen LogP contribution in [-0.4, -0.2) is 73.1 Å². The lowest BCUT2D eigenvalue weighted by atomic mass is 9.92. The summed E-state index contributed by atoms with van der Waals surface area (Å²) in [5.74, 6) is -4.28. The summed E-state index contributed by atoms with van der Waals surface area (Å²) in [6, 6.07) is 0. The van der Waals surface area contributed by atoms with E-state index in [9.17, 15) is 28.8 Å². The molecule has 0 aromatic rings. The van der Waals surface area contributed by atoms with Crippen LogP contribution < -0.4 is 0 Å². The Morgan fingerprint density at radius 3 is 1.41 bits per heavy atom. The van der Waals surface area contributed by atoms with Crippen LogP contribution in [0.25, 0.3) is 0 Å². The molecule has 1 heterocycles. The number of esters is 6. The van der Waals surface area contributed by atoms with Gasteiger partial charge in [-0.15, -0.1) is 0 Å². The second-order valence-corrected chi connectivity index (χ2v) is 13.2. The molecule has 0 N–H and O–H groups in total. The minimum Gasteiger partial charge on any atom is -0.463 e. The molecule has 263 valence electrons. The Kier molecular flexibility index (Phi) is 16.7. The minimum atomic E-state index is -1.90. The normalized spacial score (nSPS) is 20.4. The van der Waals surface area contributed by atoms with Gasteiger partial charge in [-0.3, -0.25) is 28.8 Å². The van der Waals surface area contributed by atoms with Crippen molar-refractivity contribution < 1.29 is 61.9 Å². The SMILES string of the molecule is CCCC(=O)OC[C@H]1O[C](C(OC(=O)C(C)(C)C)OC(=O)C(C)(C)C)[C@@H](OC(=O)CCC)[C@@H](OC(=O)CCC)[C@@H]1OC(=O)CCC. The second kappa shape index (κ2) is 18.8. The molecule has 0 aliphatic carbocycles. The molecule has 46 heavy (non-hydrogen) atoms. The lowest BCUT2D eigenvalue weighted by Gasteiger charge is -2.45. The van der Waals surface area contributed by atoms with Crippen molar-refractivity contribution in [1.82, 2.24) is 0 Å². The summed E-state index contributed by atoms with van der Waals surface area (Å²) in [4.78, 5) is 77.5. The summed E-state index contributed by atoms with van der Waals surface area (Å²) < 4.78 is 40.3. The molecule has 13 heteroatoms. The maximum atomic E-state index is 13.2. The monoisotopic (exact) mass is 657 g/mol. The van der Waals surface area contributed by atoms with E-state index < -0.39 is 90.1 Å². The number of hydrogen-bond acceptors (Lipinski definition) is 13. The van der Waals surface area contributed by atoms with Crippen LogP contribution in [0.3, 0.4) is 0 Å². The van der Waals surface area contributed by atoms with E-state index in [4.69, 9.17) is 33.2 Å². The summed E-state index contributed by atoms with van der Waals surface area (Å²) in [6.45, 7) is 16.0. The van der Waals surface area contributed by atoms with E-state index in [-0.39, 0.29) is 25.7 Å².